The molecule has 9 heteroatoms. The lowest BCUT2D eigenvalue weighted by atomic mass is 10.1. The van der Waals surface area contributed by atoms with Crippen LogP contribution in [0.15, 0.2) is 24.4 Å². The van der Waals surface area contributed by atoms with Crippen molar-refractivity contribution in [2.45, 2.75) is 6.04 Å². The molecule has 1 unspecified atom stereocenters. The first kappa shape index (κ1) is 19.4. The fraction of sp³-hybridized carbons (Fsp3) is 0.412. The number of pyridine rings is 1. The van der Waals surface area contributed by atoms with Crippen LogP contribution >= 0.6 is 0 Å². The molecule has 0 bridgehead atoms. The van der Waals surface area contributed by atoms with Crippen molar-refractivity contribution < 1.29 is 24.6 Å². The molecule has 1 aliphatic rings. The fourth-order valence-corrected chi connectivity index (χ4v) is 2.67. The number of nitrogens with zero attached hydrogens (tertiary/aromatic N) is 4. The van der Waals surface area contributed by atoms with Gasteiger partial charge in [0.05, 0.1) is 6.54 Å². The van der Waals surface area contributed by atoms with E-state index in [1.165, 1.54) is 11.1 Å². The maximum absolute atomic E-state index is 12.9. The van der Waals surface area contributed by atoms with Crippen LogP contribution in [0.4, 0.5) is 4.79 Å². The maximum Gasteiger partial charge on any atom is 0.407 e. The molecule has 2 amide bonds. The maximum atomic E-state index is 12.9. The van der Waals surface area contributed by atoms with Crippen LogP contribution in [0.1, 0.15) is 16.1 Å². The van der Waals surface area contributed by atoms with Gasteiger partial charge in [0, 0.05) is 31.4 Å². The summed E-state index contributed by atoms with van der Waals surface area (Å²) in [6, 6.07) is 2.19. The SMILES string of the molecule is CN(C)CC=Cc1cccnc1C(=O)N1CCN(C(=O)O)CC1C(=O)O. The number of hydrogen-bond donors (Lipinski definition) is 2. The lowest BCUT2D eigenvalue weighted by Crippen LogP contribution is -2.59. The van der Waals surface area contributed by atoms with Gasteiger partial charge in [-0.1, -0.05) is 18.2 Å². The molecule has 1 aliphatic heterocycles. The van der Waals surface area contributed by atoms with Crippen LogP contribution in [-0.2, 0) is 4.79 Å². The number of carboxylic acids is 1. The normalized spacial score (nSPS) is 17.7. The highest BCUT2D eigenvalue weighted by molar-refractivity contribution is 5.98. The Labute approximate surface area is 151 Å². The van der Waals surface area contributed by atoms with E-state index in [0.717, 1.165) is 4.90 Å². The number of carbonyl (C=O) groups is 3. The standard InChI is InChI=1S/C17H22N4O5/c1-19(2)8-4-6-12-5-3-7-18-14(12)15(22)21-10-9-20(17(25)26)11-13(21)16(23)24/h3-7,13H,8-11H2,1-2H3,(H,23,24)(H,25,26). The monoisotopic (exact) mass is 362 g/mol. The summed E-state index contributed by atoms with van der Waals surface area (Å²) < 4.78 is 0. The van der Waals surface area contributed by atoms with Gasteiger partial charge in [-0.25, -0.2) is 9.59 Å². The summed E-state index contributed by atoms with van der Waals surface area (Å²) in [5.41, 5.74) is 0.738. The van der Waals surface area contributed by atoms with Gasteiger partial charge in [-0.3, -0.25) is 9.78 Å². The van der Waals surface area contributed by atoms with Gasteiger partial charge in [-0.15, -0.1) is 0 Å². The number of carbonyl (C=O) groups excluding carboxylic acids is 1. The Morgan fingerprint density at radius 3 is 2.65 bits per heavy atom. The predicted molar refractivity (Wildman–Crippen MR) is 93.9 cm³/mol. The Morgan fingerprint density at radius 1 is 1.31 bits per heavy atom. The molecule has 2 rings (SSSR count). The van der Waals surface area contributed by atoms with E-state index in [4.69, 9.17) is 5.11 Å². The molecule has 1 fully saturated rings. The van der Waals surface area contributed by atoms with Crippen molar-refractivity contribution in [1.29, 1.82) is 0 Å². The summed E-state index contributed by atoms with van der Waals surface area (Å²) in [5, 5.41) is 18.5. The zero-order chi connectivity index (χ0) is 19.3. The second-order valence-corrected chi connectivity index (χ2v) is 6.19. The number of amides is 2. The summed E-state index contributed by atoms with van der Waals surface area (Å²) >= 11 is 0. The van der Waals surface area contributed by atoms with Gasteiger partial charge in [0.15, 0.2) is 0 Å². The third-order valence-corrected chi connectivity index (χ3v) is 4.01. The van der Waals surface area contributed by atoms with Gasteiger partial charge in [-0.2, -0.15) is 0 Å². The number of piperazine rings is 1. The van der Waals surface area contributed by atoms with E-state index in [2.05, 4.69) is 4.98 Å². The first-order valence-electron chi connectivity index (χ1n) is 8.09. The Balaban J connectivity index is 2.26. The van der Waals surface area contributed by atoms with Crippen LogP contribution in [-0.4, -0.2) is 94.2 Å². The summed E-state index contributed by atoms with van der Waals surface area (Å²) in [6.07, 6.45) is 3.92. The highest BCUT2D eigenvalue weighted by Gasteiger charge is 2.38. The smallest absolute Gasteiger partial charge is 0.407 e. The van der Waals surface area contributed by atoms with Crippen molar-refractivity contribution >= 4 is 24.0 Å². The van der Waals surface area contributed by atoms with E-state index in [0.29, 0.717) is 12.1 Å². The van der Waals surface area contributed by atoms with Crippen molar-refractivity contribution in [1.82, 2.24) is 19.7 Å². The average Bonchev–Trinajstić information content (AvgIpc) is 2.60. The number of hydrogen-bond acceptors (Lipinski definition) is 5. The third kappa shape index (κ3) is 4.57. The minimum atomic E-state index is -1.25. The van der Waals surface area contributed by atoms with Crippen LogP contribution in [0.3, 0.4) is 0 Å². The van der Waals surface area contributed by atoms with E-state index < -0.39 is 24.0 Å². The van der Waals surface area contributed by atoms with Gasteiger partial charge in [0.25, 0.3) is 5.91 Å². The molecule has 0 aromatic carbocycles. The molecular weight excluding hydrogens is 340 g/mol. The van der Waals surface area contributed by atoms with Gasteiger partial charge >= 0.3 is 12.1 Å². The Bertz CT molecular complexity index is 719. The van der Waals surface area contributed by atoms with E-state index in [1.807, 2.05) is 25.1 Å². The molecule has 2 heterocycles. The van der Waals surface area contributed by atoms with Gasteiger partial charge in [-0.05, 0) is 20.2 Å². The number of carboxylic acid groups (broad SMARTS) is 2. The van der Waals surface area contributed by atoms with Crippen molar-refractivity contribution in [2.24, 2.45) is 0 Å². The largest absolute Gasteiger partial charge is 0.480 e. The highest BCUT2D eigenvalue weighted by atomic mass is 16.4. The molecule has 0 radical (unpaired) electrons. The van der Waals surface area contributed by atoms with E-state index >= 15 is 0 Å². The number of aromatic nitrogens is 1. The molecule has 1 aromatic heterocycles. The molecular formula is C17H22N4O5. The third-order valence-electron chi connectivity index (χ3n) is 4.01. The zero-order valence-corrected chi connectivity index (χ0v) is 14.7. The minimum absolute atomic E-state index is 0.000470. The molecule has 140 valence electrons. The predicted octanol–water partition coefficient (Wildman–Crippen LogP) is 0.545. The molecule has 26 heavy (non-hydrogen) atoms. The Hall–Kier alpha value is -2.94. The fourth-order valence-electron chi connectivity index (χ4n) is 2.67. The highest BCUT2D eigenvalue weighted by Crippen LogP contribution is 2.17. The number of likely N-dealkylation sites (N-methyl/N-ethyl adjacent to an activating group) is 1. The molecule has 0 spiro atoms. The van der Waals surface area contributed by atoms with E-state index in [9.17, 15) is 19.5 Å². The van der Waals surface area contributed by atoms with Crippen molar-refractivity contribution in [3.63, 3.8) is 0 Å². The van der Waals surface area contributed by atoms with Gasteiger partial charge < -0.3 is 24.9 Å². The van der Waals surface area contributed by atoms with Crippen molar-refractivity contribution in [3.05, 3.63) is 35.7 Å². The summed E-state index contributed by atoms with van der Waals surface area (Å²) in [4.78, 5) is 43.8. The lowest BCUT2D eigenvalue weighted by Gasteiger charge is -2.38. The first-order valence-corrected chi connectivity index (χ1v) is 8.09. The van der Waals surface area contributed by atoms with E-state index in [1.54, 1.807) is 18.2 Å². The summed E-state index contributed by atoms with van der Waals surface area (Å²) in [6.45, 7) is 0.468. The quantitative estimate of drug-likeness (QED) is 0.786. The first-order chi connectivity index (χ1) is 12.3. The van der Waals surface area contributed by atoms with E-state index in [-0.39, 0.29) is 25.3 Å². The summed E-state index contributed by atoms with van der Waals surface area (Å²) in [5.74, 6) is -1.77. The molecule has 1 saturated heterocycles. The van der Waals surface area contributed by atoms with Crippen LogP contribution in [0.2, 0.25) is 0 Å². The second-order valence-electron chi connectivity index (χ2n) is 6.19. The molecule has 0 aliphatic carbocycles. The topological polar surface area (TPSA) is 114 Å². The van der Waals surface area contributed by atoms with Crippen LogP contribution in [0.25, 0.3) is 6.08 Å². The number of rotatable bonds is 5. The second kappa shape index (κ2) is 8.43. The lowest BCUT2D eigenvalue weighted by molar-refractivity contribution is -0.144. The van der Waals surface area contributed by atoms with Gasteiger partial charge in [0.2, 0.25) is 0 Å². The Morgan fingerprint density at radius 2 is 2.04 bits per heavy atom. The van der Waals surface area contributed by atoms with Crippen LogP contribution < -0.4 is 0 Å². The summed E-state index contributed by atoms with van der Waals surface area (Å²) in [7, 11) is 3.83. The van der Waals surface area contributed by atoms with Crippen LogP contribution in [0, 0.1) is 0 Å². The van der Waals surface area contributed by atoms with Crippen LogP contribution in [0.5, 0.6) is 0 Å². The molecule has 1 aromatic rings. The molecule has 9 nitrogen and oxygen atoms in total. The van der Waals surface area contributed by atoms with Crippen molar-refractivity contribution in [2.75, 3.05) is 40.3 Å². The molecule has 0 saturated carbocycles. The van der Waals surface area contributed by atoms with Gasteiger partial charge in [0.1, 0.15) is 11.7 Å². The Kier molecular flexibility index (Phi) is 6.29. The van der Waals surface area contributed by atoms with Crippen molar-refractivity contribution in [3.8, 4) is 0 Å². The number of aliphatic carboxylic acids is 1. The average molecular weight is 362 g/mol. The zero-order valence-electron chi connectivity index (χ0n) is 14.7. The molecule has 2 N–H and O–H groups in total. The minimum Gasteiger partial charge on any atom is -0.480 e. The molecule has 1 atom stereocenters.